The molecule has 0 heterocycles. The van der Waals surface area contributed by atoms with Crippen LogP contribution in [0.4, 0.5) is 0 Å². The summed E-state index contributed by atoms with van der Waals surface area (Å²) in [4.78, 5) is 11.2. The largest absolute Gasteiger partial charge is 0.474 e. The first-order valence-electron chi connectivity index (χ1n) is 5.06. The van der Waals surface area contributed by atoms with Gasteiger partial charge in [-0.2, -0.15) is 0 Å². The molecule has 0 aliphatic heterocycles. The minimum Gasteiger partial charge on any atom is -0.474 e. The van der Waals surface area contributed by atoms with Crippen LogP contribution in [0.1, 0.15) is 6.92 Å². The van der Waals surface area contributed by atoms with Crippen LogP contribution in [0.5, 0.6) is 0 Å². The lowest BCUT2D eigenvalue weighted by Crippen LogP contribution is -2.53. The molecule has 0 atom stereocenters. The first kappa shape index (κ1) is 14.8. The van der Waals surface area contributed by atoms with Gasteiger partial charge < -0.3 is 8.85 Å². The van der Waals surface area contributed by atoms with E-state index in [1.54, 1.807) is 6.92 Å². The maximum absolute atomic E-state index is 11.2. The fourth-order valence-electron chi connectivity index (χ4n) is 1.22. The number of carbonyl (C=O) groups excluding carboxylic acids is 1. The van der Waals surface area contributed by atoms with Crippen molar-refractivity contribution >= 4 is 44.5 Å². The summed E-state index contributed by atoms with van der Waals surface area (Å²) in [5.74, 6) is -0.324. The Morgan fingerprint density at radius 3 is 2.13 bits per heavy atom. The minimum atomic E-state index is -1.87. The van der Waals surface area contributed by atoms with Crippen LogP contribution in [0.25, 0.3) is 0 Å². The zero-order chi connectivity index (χ0) is 12.3. The third-order valence-electron chi connectivity index (χ3n) is 1.48. The fraction of sp³-hybridized carbons (Fsp3) is 0.571. The third-order valence-corrected chi connectivity index (χ3v) is 6.98. The second kappa shape index (κ2) is 5.23. The van der Waals surface area contributed by atoms with Gasteiger partial charge >= 0.3 is 5.97 Å². The van der Waals surface area contributed by atoms with Crippen molar-refractivity contribution in [3.05, 3.63) is 12.2 Å². The van der Waals surface area contributed by atoms with Gasteiger partial charge in [-0.25, -0.2) is 4.79 Å². The molecular formula is C7H19B3O3Si2. The van der Waals surface area contributed by atoms with Gasteiger partial charge in [0.1, 0.15) is 28.5 Å². The Bertz CT molecular complexity index is 263. The lowest BCUT2D eigenvalue weighted by Gasteiger charge is -2.31. The Morgan fingerprint density at radius 2 is 1.80 bits per heavy atom. The summed E-state index contributed by atoms with van der Waals surface area (Å²) in [6.07, 6.45) is 0.406. The molecule has 3 nitrogen and oxygen atoms in total. The minimum absolute atomic E-state index is 0.324. The molecule has 0 unspecified atom stereocenters. The van der Waals surface area contributed by atoms with Crippen LogP contribution in [0.3, 0.4) is 0 Å². The molecule has 0 rings (SSSR count). The topological polar surface area (TPSA) is 35.5 Å². The predicted octanol–water partition coefficient (Wildman–Crippen LogP) is -1.80. The summed E-state index contributed by atoms with van der Waals surface area (Å²) in [6.45, 7) is 9.32. The van der Waals surface area contributed by atoms with E-state index in [-0.39, 0.29) is 5.97 Å². The van der Waals surface area contributed by atoms with Crippen molar-refractivity contribution in [2.75, 3.05) is 6.23 Å². The van der Waals surface area contributed by atoms with Crippen molar-refractivity contribution in [1.82, 2.24) is 0 Å². The van der Waals surface area contributed by atoms with Gasteiger partial charge in [0.05, 0.1) is 7.93 Å². The van der Waals surface area contributed by atoms with Crippen molar-refractivity contribution in [2.24, 2.45) is 0 Å². The molecule has 0 saturated heterocycles. The molecular weight excluding hydrogens is 221 g/mol. The van der Waals surface area contributed by atoms with E-state index < -0.39 is 16.2 Å². The number of esters is 1. The fourth-order valence-corrected chi connectivity index (χ4v) is 8.57. The third kappa shape index (κ3) is 7.70. The Hall–Kier alpha value is -0.201. The van der Waals surface area contributed by atoms with E-state index in [4.69, 9.17) is 8.85 Å². The van der Waals surface area contributed by atoms with Crippen molar-refractivity contribution in [1.29, 1.82) is 0 Å². The van der Waals surface area contributed by atoms with Gasteiger partial charge in [-0.1, -0.05) is 6.58 Å². The highest BCUT2D eigenvalue weighted by Crippen LogP contribution is 2.09. The Morgan fingerprint density at radius 1 is 1.33 bits per heavy atom. The van der Waals surface area contributed by atoms with Gasteiger partial charge in [0.15, 0.2) is 0 Å². The molecule has 15 heavy (non-hydrogen) atoms. The quantitative estimate of drug-likeness (QED) is 0.323. The molecule has 0 aliphatic carbocycles. The Balaban J connectivity index is 4.16. The smallest absolute Gasteiger partial charge is 0.332 e. The highest BCUT2D eigenvalue weighted by Gasteiger charge is 2.30. The number of ether oxygens (including phenoxy) is 1. The molecule has 0 aliphatic rings. The molecule has 0 aromatic carbocycles. The number of hydrogen-bond donors (Lipinski definition) is 0. The maximum atomic E-state index is 11.2. The predicted molar refractivity (Wildman–Crippen MR) is 75.7 cm³/mol. The normalized spacial score (nSPS) is 12.2. The van der Waals surface area contributed by atoms with E-state index in [9.17, 15) is 4.79 Å². The highest BCUT2D eigenvalue weighted by atomic mass is 28.4. The van der Waals surface area contributed by atoms with Gasteiger partial charge in [0.25, 0.3) is 0 Å². The van der Waals surface area contributed by atoms with E-state index in [2.05, 4.69) is 42.0 Å². The molecule has 0 radical (unpaired) electrons. The second-order valence-corrected chi connectivity index (χ2v) is 14.2. The molecule has 0 amide bonds. The lowest BCUT2D eigenvalue weighted by atomic mass is 10.4. The Kier molecular flexibility index (Phi) is 5.15. The van der Waals surface area contributed by atoms with Gasteiger partial charge in [0, 0.05) is 5.57 Å². The summed E-state index contributed by atoms with van der Waals surface area (Å²) in [5, 5.41) is 0. The van der Waals surface area contributed by atoms with Crippen LogP contribution >= 0.6 is 0 Å². The molecule has 0 bridgehead atoms. The van der Waals surface area contributed by atoms with E-state index in [0.717, 1.165) is 0 Å². The zero-order valence-corrected chi connectivity index (χ0v) is 12.6. The monoisotopic (exact) mass is 240 g/mol. The average Bonchev–Trinajstić information content (AvgIpc) is 1.95. The van der Waals surface area contributed by atoms with Gasteiger partial charge in [-0.3, -0.25) is 0 Å². The van der Waals surface area contributed by atoms with Crippen LogP contribution < -0.4 is 0 Å². The summed E-state index contributed by atoms with van der Waals surface area (Å²) in [6, 6.07) is 0. The van der Waals surface area contributed by atoms with Crippen molar-refractivity contribution in [2.45, 2.75) is 20.0 Å². The first-order valence-corrected chi connectivity index (χ1v) is 11.6. The highest BCUT2D eigenvalue weighted by molar-refractivity contribution is 7.58. The number of carbonyl (C=O) groups is 1. The van der Waals surface area contributed by atoms with Crippen molar-refractivity contribution in [3.8, 4) is 0 Å². The van der Waals surface area contributed by atoms with Crippen LogP contribution in [0, 0.1) is 0 Å². The maximum Gasteiger partial charge on any atom is 0.332 e. The van der Waals surface area contributed by atoms with Crippen LogP contribution in [-0.4, -0.2) is 50.8 Å². The van der Waals surface area contributed by atoms with E-state index >= 15 is 0 Å². The summed E-state index contributed by atoms with van der Waals surface area (Å²) < 4.78 is 11.2. The van der Waals surface area contributed by atoms with E-state index in [1.807, 2.05) is 0 Å². The first-order chi connectivity index (χ1) is 6.53. The van der Waals surface area contributed by atoms with Crippen LogP contribution in [0.2, 0.25) is 13.1 Å². The average molecular weight is 240 g/mol. The Labute approximate surface area is 96.9 Å². The number of hydrogen-bond acceptors (Lipinski definition) is 3. The second-order valence-electron chi connectivity index (χ2n) is 5.33. The molecule has 82 valence electrons. The summed E-state index contributed by atoms with van der Waals surface area (Å²) in [5.41, 5.74) is 0.438. The van der Waals surface area contributed by atoms with Gasteiger partial charge in [0.2, 0.25) is 8.32 Å². The van der Waals surface area contributed by atoms with Crippen LogP contribution in [0.15, 0.2) is 12.2 Å². The van der Waals surface area contributed by atoms with Crippen LogP contribution in [-0.2, 0) is 13.6 Å². The van der Waals surface area contributed by atoms with Gasteiger partial charge in [-0.05, 0) is 20.0 Å². The standard InChI is InChI=1S/C7H19B3O3Si2/c1-6(2)7(11)12-5-14(3,4)13-15(8,9)10/h1,5,8-10H2,2-4H3. The molecule has 0 fully saturated rings. The molecule has 0 spiro atoms. The number of rotatable bonds is 5. The molecule has 0 aromatic rings. The lowest BCUT2D eigenvalue weighted by molar-refractivity contribution is -0.137. The molecule has 0 N–H and O–H groups in total. The zero-order valence-electron chi connectivity index (χ0n) is 10.6. The van der Waals surface area contributed by atoms with Crippen molar-refractivity contribution < 1.29 is 13.6 Å². The van der Waals surface area contributed by atoms with E-state index in [1.165, 1.54) is 0 Å². The SMILES string of the molecule is B[Si](B)(B)O[Si](C)(C)COC(=O)C(=C)C. The summed E-state index contributed by atoms with van der Waals surface area (Å²) in [7, 11) is 3.01. The van der Waals surface area contributed by atoms with E-state index in [0.29, 0.717) is 11.8 Å². The summed E-state index contributed by atoms with van der Waals surface area (Å²) >= 11 is 0. The molecule has 0 saturated carbocycles. The molecule has 0 aromatic heterocycles. The van der Waals surface area contributed by atoms with Gasteiger partial charge in [-0.15, -0.1) is 0 Å². The van der Waals surface area contributed by atoms with Crippen molar-refractivity contribution in [3.63, 3.8) is 0 Å². The molecule has 8 heteroatoms.